The number of carbonyl (C=O) groups is 1. The van der Waals surface area contributed by atoms with Gasteiger partial charge in [-0.2, -0.15) is 0 Å². The molecule has 0 aromatic carbocycles. The van der Waals surface area contributed by atoms with Crippen molar-refractivity contribution < 1.29 is 4.79 Å². The lowest BCUT2D eigenvalue weighted by Crippen LogP contribution is -2.02. The number of hydrogen-bond acceptors (Lipinski definition) is 4. The number of aromatic nitrogens is 4. The lowest BCUT2D eigenvalue weighted by molar-refractivity contribution is 0.102. The molecule has 84 valence electrons. The van der Waals surface area contributed by atoms with Gasteiger partial charge in [0, 0.05) is 32.1 Å². The summed E-state index contributed by atoms with van der Waals surface area (Å²) in [6.45, 7) is 0. The molecule has 0 atom stereocenters. The lowest BCUT2D eigenvalue weighted by Gasteiger charge is -1.98. The van der Waals surface area contributed by atoms with Gasteiger partial charge in [-0.25, -0.2) is 0 Å². The Bertz CT molecular complexity index is 502. The van der Waals surface area contributed by atoms with Crippen molar-refractivity contribution >= 4 is 17.5 Å². The van der Waals surface area contributed by atoms with E-state index in [0.29, 0.717) is 5.75 Å². The molecule has 0 aliphatic carbocycles. The number of aryl methyl sites for hydroxylation is 2. The second kappa shape index (κ2) is 4.52. The molecule has 0 bridgehead atoms. The molecule has 0 aliphatic heterocycles. The fraction of sp³-hybridized carbons (Fsp3) is 0.300. The highest BCUT2D eigenvalue weighted by Crippen LogP contribution is 2.15. The maximum Gasteiger partial charge on any atom is 0.191 e. The van der Waals surface area contributed by atoms with Crippen molar-refractivity contribution in [3.8, 4) is 0 Å². The number of nitrogens with zero attached hydrogens (tertiary/aromatic N) is 4. The quantitative estimate of drug-likeness (QED) is 0.590. The van der Waals surface area contributed by atoms with Crippen molar-refractivity contribution in [2.75, 3.05) is 5.75 Å². The second-order valence-corrected chi connectivity index (χ2v) is 4.44. The van der Waals surface area contributed by atoms with Crippen LogP contribution in [0.1, 0.15) is 10.4 Å². The highest BCUT2D eigenvalue weighted by Gasteiger charge is 2.09. The molecule has 0 unspecified atom stereocenters. The van der Waals surface area contributed by atoms with Crippen LogP contribution in [0.4, 0.5) is 0 Å². The maximum atomic E-state index is 11.8. The van der Waals surface area contributed by atoms with Crippen LogP contribution in [0.3, 0.4) is 0 Å². The Labute approximate surface area is 97.5 Å². The summed E-state index contributed by atoms with van der Waals surface area (Å²) in [5.74, 6) is 0.491. The molecule has 2 rings (SSSR count). The molecule has 0 spiro atoms. The molecular formula is C10H12N4OS. The smallest absolute Gasteiger partial charge is 0.191 e. The van der Waals surface area contributed by atoms with Crippen molar-refractivity contribution in [3.05, 3.63) is 30.4 Å². The summed E-state index contributed by atoms with van der Waals surface area (Å²) in [4.78, 5) is 11.8. The maximum absolute atomic E-state index is 11.8. The molecule has 2 aromatic rings. The first-order chi connectivity index (χ1) is 7.66. The van der Waals surface area contributed by atoms with E-state index in [1.54, 1.807) is 10.9 Å². The van der Waals surface area contributed by atoms with Gasteiger partial charge in [-0.05, 0) is 6.07 Å². The van der Waals surface area contributed by atoms with Crippen LogP contribution in [0.25, 0.3) is 0 Å². The average Bonchev–Trinajstić information content (AvgIpc) is 2.84. The van der Waals surface area contributed by atoms with Gasteiger partial charge in [0.2, 0.25) is 0 Å². The van der Waals surface area contributed by atoms with Crippen LogP contribution in [-0.4, -0.2) is 30.9 Å². The first-order valence-electron chi connectivity index (χ1n) is 4.79. The van der Waals surface area contributed by atoms with Crippen LogP contribution < -0.4 is 0 Å². The Morgan fingerprint density at radius 3 is 2.88 bits per heavy atom. The van der Waals surface area contributed by atoms with E-state index in [-0.39, 0.29) is 5.78 Å². The summed E-state index contributed by atoms with van der Waals surface area (Å²) in [6.07, 6.45) is 5.30. The van der Waals surface area contributed by atoms with Crippen LogP contribution in [0.5, 0.6) is 0 Å². The Balaban J connectivity index is 1.96. The molecule has 0 amide bonds. The number of carbonyl (C=O) groups excluding carboxylic acids is 1. The van der Waals surface area contributed by atoms with E-state index < -0.39 is 0 Å². The van der Waals surface area contributed by atoms with Crippen molar-refractivity contribution in [1.82, 2.24) is 19.3 Å². The molecule has 0 fully saturated rings. The van der Waals surface area contributed by atoms with Gasteiger partial charge in [0.1, 0.15) is 6.33 Å². The molecule has 0 saturated heterocycles. The zero-order valence-corrected chi connectivity index (χ0v) is 9.94. The predicted molar refractivity (Wildman–Crippen MR) is 61.5 cm³/mol. The number of thioether (sulfide) groups is 1. The van der Waals surface area contributed by atoms with E-state index in [0.717, 1.165) is 10.7 Å². The molecule has 0 N–H and O–H groups in total. The van der Waals surface area contributed by atoms with Crippen LogP contribution >= 0.6 is 11.8 Å². The molecule has 6 heteroatoms. The standard InChI is InChI=1S/C10H12N4OS/c1-13-4-3-8(5-13)9(15)6-16-10-12-11-7-14(10)2/h3-5,7H,6H2,1-2H3. The van der Waals surface area contributed by atoms with Crippen molar-refractivity contribution in [1.29, 1.82) is 0 Å². The normalized spacial score (nSPS) is 10.6. The fourth-order valence-corrected chi connectivity index (χ4v) is 2.07. The fourth-order valence-electron chi connectivity index (χ4n) is 1.28. The Kier molecular flexibility index (Phi) is 3.09. The van der Waals surface area contributed by atoms with E-state index in [9.17, 15) is 4.79 Å². The Morgan fingerprint density at radius 1 is 1.50 bits per heavy atom. The SMILES string of the molecule is Cn1ccc(C(=O)CSc2nncn2C)c1. The minimum atomic E-state index is 0.105. The summed E-state index contributed by atoms with van der Waals surface area (Å²) < 4.78 is 3.66. The highest BCUT2D eigenvalue weighted by atomic mass is 32.2. The van der Waals surface area contributed by atoms with Crippen LogP contribution in [0.15, 0.2) is 29.9 Å². The van der Waals surface area contributed by atoms with Gasteiger partial charge in [-0.15, -0.1) is 10.2 Å². The van der Waals surface area contributed by atoms with Gasteiger partial charge in [0.15, 0.2) is 10.9 Å². The number of rotatable bonds is 4. The minimum Gasteiger partial charge on any atom is -0.357 e. The lowest BCUT2D eigenvalue weighted by atomic mass is 10.2. The molecular weight excluding hydrogens is 224 g/mol. The van der Waals surface area contributed by atoms with E-state index in [4.69, 9.17) is 0 Å². The van der Waals surface area contributed by atoms with E-state index in [1.807, 2.05) is 37.1 Å². The first kappa shape index (κ1) is 10.9. The highest BCUT2D eigenvalue weighted by molar-refractivity contribution is 7.99. The topological polar surface area (TPSA) is 52.7 Å². The largest absolute Gasteiger partial charge is 0.357 e. The molecule has 2 heterocycles. The molecule has 0 radical (unpaired) electrons. The number of Topliss-reactive ketones (excluding diaryl/α,β-unsaturated/α-hetero) is 1. The zero-order chi connectivity index (χ0) is 11.5. The van der Waals surface area contributed by atoms with Gasteiger partial charge < -0.3 is 9.13 Å². The van der Waals surface area contributed by atoms with Gasteiger partial charge >= 0.3 is 0 Å². The van der Waals surface area contributed by atoms with Gasteiger partial charge in [-0.1, -0.05) is 11.8 Å². The van der Waals surface area contributed by atoms with Crippen LogP contribution in [0.2, 0.25) is 0 Å². The van der Waals surface area contributed by atoms with Crippen LogP contribution in [-0.2, 0) is 14.1 Å². The Morgan fingerprint density at radius 2 is 2.31 bits per heavy atom. The summed E-state index contributed by atoms with van der Waals surface area (Å²) in [5, 5.41) is 8.41. The van der Waals surface area contributed by atoms with Crippen molar-refractivity contribution in [2.45, 2.75) is 5.16 Å². The first-order valence-corrected chi connectivity index (χ1v) is 5.77. The minimum absolute atomic E-state index is 0.105. The third-order valence-corrected chi connectivity index (χ3v) is 3.19. The number of hydrogen-bond donors (Lipinski definition) is 0. The summed E-state index contributed by atoms with van der Waals surface area (Å²) in [6, 6.07) is 1.82. The Hall–Kier alpha value is -1.56. The number of ketones is 1. The van der Waals surface area contributed by atoms with Crippen LogP contribution in [0, 0.1) is 0 Å². The third kappa shape index (κ3) is 2.33. The van der Waals surface area contributed by atoms with E-state index >= 15 is 0 Å². The van der Waals surface area contributed by atoms with E-state index in [2.05, 4.69) is 10.2 Å². The van der Waals surface area contributed by atoms with Gasteiger partial charge in [0.25, 0.3) is 0 Å². The third-order valence-electron chi connectivity index (χ3n) is 2.16. The van der Waals surface area contributed by atoms with Crippen molar-refractivity contribution in [3.63, 3.8) is 0 Å². The summed E-state index contributed by atoms with van der Waals surface area (Å²) in [5.41, 5.74) is 0.733. The van der Waals surface area contributed by atoms with Gasteiger partial charge in [-0.3, -0.25) is 4.79 Å². The predicted octanol–water partition coefficient (Wildman–Crippen LogP) is 1.13. The average molecular weight is 236 g/mol. The monoisotopic (exact) mass is 236 g/mol. The van der Waals surface area contributed by atoms with Gasteiger partial charge in [0.05, 0.1) is 5.75 Å². The zero-order valence-electron chi connectivity index (χ0n) is 9.12. The molecule has 5 nitrogen and oxygen atoms in total. The van der Waals surface area contributed by atoms with E-state index in [1.165, 1.54) is 11.8 Å². The molecule has 0 aliphatic rings. The second-order valence-electron chi connectivity index (χ2n) is 3.50. The molecule has 2 aromatic heterocycles. The summed E-state index contributed by atoms with van der Waals surface area (Å²) >= 11 is 1.40. The molecule has 0 saturated carbocycles. The van der Waals surface area contributed by atoms with Crippen molar-refractivity contribution in [2.24, 2.45) is 14.1 Å². The molecule has 16 heavy (non-hydrogen) atoms. The summed E-state index contributed by atoms with van der Waals surface area (Å²) in [7, 11) is 3.75.